The number of benzene rings is 1. The van der Waals surface area contributed by atoms with Gasteiger partial charge in [0.25, 0.3) is 0 Å². The van der Waals surface area contributed by atoms with Gasteiger partial charge in [0.2, 0.25) is 0 Å². The summed E-state index contributed by atoms with van der Waals surface area (Å²) < 4.78 is 5.51. The Balaban J connectivity index is 2.09. The molecule has 1 rings (SSSR count). The number of aliphatic hydroxyl groups is 1. The van der Waals surface area contributed by atoms with Gasteiger partial charge in [-0.1, -0.05) is 37.1 Å². The van der Waals surface area contributed by atoms with Crippen LogP contribution in [0.15, 0.2) is 18.2 Å². The lowest BCUT2D eigenvalue weighted by atomic mass is 9.99. The Labute approximate surface area is 129 Å². The van der Waals surface area contributed by atoms with E-state index < -0.39 is 0 Å². The van der Waals surface area contributed by atoms with E-state index in [2.05, 4.69) is 38.2 Å². The summed E-state index contributed by atoms with van der Waals surface area (Å²) in [6.45, 7) is 9.80. The van der Waals surface area contributed by atoms with Crippen LogP contribution in [0, 0.1) is 13.8 Å². The van der Waals surface area contributed by atoms with Crippen LogP contribution in [0.3, 0.4) is 0 Å². The van der Waals surface area contributed by atoms with Crippen molar-refractivity contribution >= 4 is 0 Å². The number of ether oxygens (including phenoxy) is 1. The van der Waals surface area contributed by atoms with E-state index in [4.69, 9.17) is 4.74 Å². The lowest BCUT2D eigenvalue weighted by molar-refractivity contribution is 0.128. The third-order valence-corrected chi connectivity index (χ3v) is 3.66. The Morgan fingerprint density at radius 2 is 1.90 bits per heavy atom. The van der Waals surface area contributed by atoms with Crippen LogP contribution in [-0.4, -0.2) is 31.4 Å². The molecule has 0 amide bonds. The number of hydrogen-bond donors (Lipinski definition) is 2. The highest BCUT2D eigenvalue weighted by Gasteiger charge is 2.09. The summed E-state index contributed by atoms with van der Waals surface area (Å²) in [5.74, 6) is 0. The smallest absolute Gasteiger partial charge is 0.0804 e. The van der Waals surface area contributed by atoms with Crippen molar-refractivity contribution in [2.75, 3.05) is 26.3 Å². The van der Waals surface area contributed by atoms with E-state index in [-0.39, 0.29) is 6.10 Å². The molecule has 1 aromatic carbocycles. The fourth-order valence-corrected chi connectivity index (χ4v) is 2.37. The molecule has 120 valence electrons. The maximum atomic E-state index is 10.2. The van der Waals surface area contributed by atoms with Crippen molar-refractivity contribution in [2.45, 2.75) is 52.6 Å². The highest BCUT2D eigenvalue weighted by Crippen LogP contribution is 2.21. The molecule has 0 aliphatic carbocycles. The minimum atomic E-state index is -0.376. The zero-order valence-electron chi connectivity index (χ0n) is 13.8. The second-order valence-corrected chi connectivity index (χ2v) is 5.73. The fourth-order valence-electron chi connectivity index (χ4n) is 2.37. The van der Waals surface area contributed by atoms with E-state index in [0.717, 1.165) is 51.1 Å². The first kappa shape index (κ1) is 18.1. The molecule has 0 fully saturated rings. The van der Waals surface area contributed by atoms with Gasteiger partial charge in [-0.25, -0.2) is 0 Å². The molecule has 0 aliphatic rings. The van der Waals surface area contributed by atoms with Gasteiger partial charge in [0.05, 0.1) is 6.10 Å². The largest absolute Gasteiger partial charge is 0.388 e. The minimum absolute atomic E-state index is 0.376. The number of aliphatic hydroxyl groups excluding tert-OH is 1. The summed E-state index contributed by atoms with van der Waals surface area (Å²) in [5, 5.41) is 13.6. The van der Waals surface area contributed by atoms with E-state index in [1.54, 1.807) is 0 Å². The topological polar surface area (TPSA) is 41.5 Å². The van der Waals surface area contributed by atoms with Gasteiger partial charge in [-0.3, -0.25) is 0 Å². The van der Waals surface area contributed by atoms with Crippen LogP contribution in [0.2, 0.25) is 0 Å². The molecule has 3 nitrogen and oxygen atoms in total. The highest BCUT2D eigenvalue weighted by atomic mass is 16.5. The lowest BCUT2D eigenvalue weighted by Crippen LogP contribution is -2.20. The average Bonchev–Trinajstić information content (AvgIpc) is 2.45. The van der Waals surface area contributed by atoms with Crippen molar-refractivity contribution in [3.8, 4) is 0 Å². The van der Waals surface area contributed by atoms with Crippen LogP contribution in [0.25, 0.3) is 0 Å². The van der Waals surface area contributed by atoms with E-state index in [0.29, 0.717) is 0 Å². The zero-order chi connectivity index (χ0) is 15.5. The van der Waals surface area contributed by atoms with Gasteiger partial charge in [-0.2, -0.15) is 0 Å². The molecule has 2 N–H and O–H groups in total. The Kier molecular flexibility index (Phi) is 9.31. The van der Waals surface area contributed by atoms with Crippen molar-refractivity contribution in [1.82, 2.24) is 5.32 Å². The number of unbranched alkanes of at least 4 members (excludes halogenated alkanes) is 1. The number of hydrogen-bond acceptors (Lipinski definition) is 3. The summed E-state index contributed by atoms with van der Waals surface area (Å²) >= 11 is 0. The average molecular weight is 293 g/mol. The zero-order valence-corrected chi connectivity index (χ0v) is 13.8. The first-order chi connectivity index (χ1) is 10.1. The second kappa shape index (κ2) is 10.8. The summed E-state index contributed by atoms with van der Waals surface area (Å²) in [5.41, 5.74) is 3.46. The lowest BCUT2D eigenvalue weighted by Gasteiger charge is -2.14. The van der Waals surface area contributed by atoms with Gasteiger partial charge in [-0.15, -0.1) is 0 Å². The highest BCUT2D eigenvalue weighted by molar-refractivity contribution is 5.31. The molecule has 21 heavy (non-hydrogen) atoms. The van der Waals surface area contributed by atoms with Crippen molar-refractivity contribution in [1.29, 1.82) is 0 Å². The summed E-state index contributed by atoms with van der Waals surface area (Å²) in [6, 6.07) is 6.23. The van der Waals surface area contributed by atoms with Gasteiger partial charge in [0.15, 0.2) is 0 Å². The number of aryl methyl sites for hydroxylation is 2. The molecule has 0 saturated heterocycles. The molecule has 0 saturated carbocycles. The fraction of sp³-hybridized carbons (Fsp3) is 0.667. The monoisotopic (exact) mass is 293 g/mol. The van der Waals surface area contributed by atoms with E-state index >= 15 is 0 Å². The Hall–Kier alpha value is -0.900. The normalized spacial score (nSPS) is 12.6. The van der Waals surface area contributed by atoms with E-state index in [9.17, 15) is 5.11 Å². The van der Waals surface area contributed by atoms with Crippen LogP contribution in [0.4, 0.5) is 0 Å². The van der Waals surface area contributed by atoms with Crippen molar-refractivity contribution in [2.24, 2.45) is 0 Å². The molecule has 3 heteroatoms. The maximum Gasteiger partial charge on any atom is 0.0804 e. The van der Waals surface area contributed by atoms with Crippen molar-refractivity contribution in [3.05, 3.63) is 34.9 Å². The molecular formula is C18H31NO2. The van der Waals surface area contributed by atoms with Crippen LogP contribution in [-0.2, 0) is 4.74 Å². The molecule has 0 radical (unpaired) electrons. The van der Waals surface area contributed by atoms with Gasteiger partial charge in [0, 0.05) is 13.2 Å². The predicted octanol–water partition coefficient (Wildman–Crippen LogP) is 3.52. The molecule has 1 unspecified atom stereocenters. The van der Waals surface area contributed by atoms with Crippen LogP contribution >= 0.6 is 0 Å². The Bertz CT molecular complexity index is 393. The number of nitrogens with one attached hydrogen (secondary N) is 1. The summed E-state index contributed by atoms with van der Waals surface area (Å²) in [4.78, 5) is 0. The van der Waals surface area contributed by atoms with Crippen LogP contribution in [0.5, 0.6) is 0 Å². The molecule has 0 aromatic heterocycles. The third-order valence-electron chi connectivity index (χ3n) is 3.66. The third kappa shape index (κ3) is 7.60. The van der Waals surface area contributed by atoms with Crippen LogP contribution < -0.4 is 5.32 Å². The van der Waals surface area contributed by atoms with E-state index in [1.807, 2.05) is 6.07 Å². The second-order valence-electron chi connectivity index (χ2n) is 5.73. The number of rotatable bonds is 11. The predicted molar refractivity (Wildman–Crippen MR) is 88.7 cm³/mol. The summed E-state index contributed by atoms with van der Waals surface area (Å²) in [6.07, 6.45) is 3.74. The molecule has 1 aromatic rings. The molecule has 0 spiro atoms. The molecule has 0 bridgehead atoms. The molecule has 0 aliphatic heterocycles. The van der Waals surface area contributed by atoms with Gasteiger partial charge >= 0.3 is 0 Å². The Morgan fingerprint density at radius 1 is 1.14 bits per heavy atom. The van der Waals surface area contributed by atoms with Crippen LogP contribution in [0.1, 0.15) is 55.4 Å². The van der Waals surface area contributed by atoms with Gasteiger partial charge in [0.1, 0.15) is 0 Å². The standard InChI is InChI=1S/C18H31NO2/c1-4-5-12-21-13-6-10-19-11-9-18(20)17-8-7-15(2)14-16(17)3/h7-8,14,18-20H,4-6,9-13H2,1-3H3. The quantitative estimate of drug-likeness (QED) is 0.613. The Morgan fingerprint density at radius 3 is 2.62 bits per heavy atom. The van der Waals surface area contributed by atoms with Crippen molar-refractivity contribution < 1.29 is 9.84 Å². The molecule has 1 atom stereocenters. The summed E-state index contributed by atoms with van der Waals surface area (Å²) in [7, 11) is 0. The van der Waals surface area contributed by atoms with E-state index in [1.165, 1.54) is 17.5 Å². The minimum Gasteiger partial charge on any atom is -0.388 e. The molecule has 0 heterocycles. The van der Waals surface area contributed by atoms with Crippen molar-refractivity contribution in [3.63, 3.8) is 0 Å². The van der Waals surface area contributed by atoms with Gasteiger partial charge < -0.3 is 15.2 Å². The SMILES string of the molecule is CCCCOCCCNCCC(O)c1ccc(C)cc1C. The first-order valence-electron chi connectivity index (χ1n) is 8.18. The first-order valence-corrected chi connectivity index (χ1v) is 8.18. The van der Waals surface area contributed by atoms with Gasteiger partial charge in [-0.05, 0) is 57.3 Å². The molecular weight excluding hydrogens is 262 g/mol. The maximum absolute atomic E-state index is 10.2.